The van der Waals surface area contributed by atoms with E-state index in [2.05, 4.69) is 16.0 Å². The van der Waals surface area contributed by atoms with Crippen molar-refractivity contribution in [2.24, 2.45) is 5.92 Å². The monoisotopic (exact) mass is 362 g/mol. The zero-order chi connectivity index (χ0) is 19.5. The molecule has 1 heterocycles. The quantitative estimate of drug-likeness (QED) is 0.580. The van der Waals surface area contributed by atoms with E-state index in [1.165, 1.54) is 0 Å². The molecule has 1 saturated heterocycles. The van der Waals surface area contributed by atoms with Crippen molar-refractivity contribution in [3.8, 4) is 0 Å². The van der Waals surface area contributed by atoms with E-state index in [9.17, 15) is 19.5 Å². The SMILES string of the molecule is CC(C)C[C@H](CO)NC(=O)Nc1cccc(N2C(=O)NC(C)(C)C2=O)c1. The number of nitrogens with zero attached hydrogens (tertiary/aromatic N) is 1. The lowest BCUT2D eigenvalue weighted by molar-refractivity contribution is -0.121. The number of aliphatic hydroxyl groups excluding tert-OH is 1. The van der Waals surface area contributed by atoms with Gasteiger partial charge in [0.2, 0.25) is 0 Å². The smallest absolute Gasteiger partial charge is 0.329 e. The van der Waals surface area contributed by atoms with Gasteiger partial charge in [0, 0.05) is 5.69 Å². The average Bonchev–Trinajstić information content (AvgIpc) is 2.74. The van der Waals surface area contributed by atoms with Crippen LogP contribution < -0.4 is 20.9 Å². The third-order valence-electron chi connectivity index (χ3n) is 4.03. The van der Waals surface area contributed by atoms with Gasteiger partial charge in [-0.2, -0.15) is 0 Å². The molecule has 1 fully saturated rings. The first-order chi connectivity index (χ1) is 12.1. The van der Waals surface area contributed by atoms with Gasteiger partial charge in [0.15, 0.2) is 0 Å². The minimum absolute atomic E-state index is 0.150. The van der Waals surface area contributed by atoms with E-state index in [0.29, 0.717) is 23.7 Å². The van der Waals surface area contributed by atoms with Crippen LogP contribution >= 0.6 is 0 Å². The highest BCUT2D eigenvalue weighted by Gasteiger charge is 2.45. The van der Waals surface area contributed by atoms with Crippen LogP contribution in [0.3, 0.4) is 0 Å². The Bertz CT molecular complexity index is 702. The summed E-state index contributed by atoms with van der Waals surface area (Å²) < 4.78 is 0. The number of hydrogen-bond donors (Lipinski definition) is 4. The Kier molecular flexibility index (Phi) is 5.86. The van der Waals surface area contributed by atoms with E-state index < -0.39 is 17.6 Å². The minimum Gasteiger partial charge on any atom is -0.394 e. The maximum Gasteiger partial charge on any atom is 0.329 e. The molecule has 26 heavy (non-hydrogen) atoms. The van der Waals surface area contributed by atoms with Crippen molar-refractivity contribution in [1.82, 2.24) is 10.6 Å². The predicted octanol–water partition coefficient (Wildman–Crippen LogP) is 2.05. The summed E-state index contributed by atoms with van der Waals surface area (Å²) in [6.45, 7) is 7.12. The van der Waals surface area contributed by atoms with Gasteiger partial charge < -0.3 is 21.1 Å². The van der Waals surface area contributed by atoms with Gasteiger partial charge in [-0.1, -0.05) is 19.9 Å². The molecule has 0 aromatic heterocycles. The molecular formula is C18H26N4O4. The standard InChI is InChI=1S/C18H26N4O4/c1-11(2)8-13(10-23)20-16(25)19-12-6-5-7-14(9-12)22-15(24)18(3,4)21-17(22)26/h5-7,9,11,13,23H,8,10H2,1-4H3,(H,21,26)(H2,19,20,25)/t13-/m1/s1. The summed E-state index contributed by atoms with van der Waals surface area (Å²) in [6.07, 6.45) is 0.654. The summed E-state index contributed by atoms with van der Waals surface area (Å²) in [6, 6.07) is 5.17. The Balaban J connectivity index is 2.09. The van der Waals surface area contributed by atoms with Crippen LogP contribution in [0.25, 0.3) is 0 Å². The molecule has 1 aromatic carbocycles. The molecule has 8 nitrogen and oxygen atoms in total. The zero-order valence-corrected chi connectivity index (χ0v) is 15.5. The number of carbonyl (C=O) groups is 3. The van der Waals surface area contributed by atoms with Gasteiger partial charge >= 0.3 is 12.1 Å². The molecule has 0 saturated carbocycles. The minimum atomic E-state index is -0.969. The van der Waals surface area contributed by atoms with Crippen molar-refractivity contribution in [3.05, 3.63) is 24.3 Å². The molecule has 1 aromatic rings. The Hall–Kier alpha value is -2.61. The van der Waals surface area contributed by atoms with Crippen molar-refractivity contribution in [2.45, 2.75) is 45.7 Å². The predicted molar refractivity (Wildman–Crippen MR) is 99.0 cm³/mol. The average molecular weight is 362 g/mol. The van der Waals surface area contributed by atoms with E-state index in [1.54, 1.807) is 38.1 Å². The zero-order valence-electron chi connectivity index (χ0n) is 15.5. The number of imide groups is 1. The lowest BCUT2D eigenvalue weighted by atomic mass is 10.0. The molecule has 1 atom stereocenters. The molecule has 0 aliphatic carbocycles. The van der Waals surface area contributed by atoms with Crippen molar-refractivity contribution in [3.63, 3.8) is 0 Å². The van der Waals surface area contributed by atoms with Crippen molar-refractivity contribution < 1.29 is 19.5 Å². The van der Waals surface area contributed by atoms with E-state index in [0.717, 1.165) is 4.90 Å². The molecule has 2 rings (SSSR count). The Morgan fingerprint density at radius 3 is 2.54 bits per heavy atom. The van der Waals surface area contributed by atoms with Crippen LogP contribution in [0.2, 0.25) is 0 Å². The van der Waals surface area contributed by atoms with Gasteiger partial charge in [-0.05, 0) is 44.4 Å². The van der Waals surface area contributed by atoms with E-state index in [4.69, 9.17) is 0 Å². The Labute approximate surface area is 152 Å². The first kappa shape index (κ1) is 19.7. The van der Waals surface area contributed by atoms with Crippen LogP contribution in [0.4, 0.5) is 21.0 Å². The van der Waals surface area contributed by atoms with Gasteiger partial charge in [0.05, 0.1) is 18.3 Å². The van der Waals surface area contributed by atoms with Gasteiger partial charge in [-0.3, -0.25) is 4.79 Å². The Morgan fingerprint density at radius 2 is 2.00 bits per heavy atom. The van der Waals surface area contributed by atoms with Crippen LogP contribution in [-0.2, 0) is 4.79 Å². The maximum absolute atomic E-state index is 12.4. The van der Waals surface area contributed by atoms with Crippen molar-refractivity contribution in [1.29, 1.82) is 0 Å². The summed E-state index contributed by atoms with van der Waals surface area (Å²) in [4.78, 5) is 37.6. The van der Waals surface area contributed by atoms with Gasteiger partial charge in [-0.15, -0.1) is 0 Å². The lowest BCUT2D eigenvalue weighted by Crippen LogP contribution is -2.41. The molecular weight excluding hydrogens is 336 g/mol. The number of nitrogens with one attached hydrogen (secondary N) is 3. The molecule has 142 valence electrons. The van der Waals surface area contributed by atoms with Gasteiger partial charge in [0.1, 0.15) is 5.54 Å². The lowest BCUT2D eigenvalue weighted by Gasteiger charge is -2.19. The molecule has 1 aliphatic rings. The van der Waals surface area contributed by atoms with Crippen molar-refractivity contribution in [2.75, 3.05) is 16.8 Å². The highest BCUT2D eigenvalue weighted by molar-refractivity contribution is 6.23. The topological polar surface area (TPSA) is 111 Å². The molecule has 0 bridgehead atoms. The number of urea groups is 2. The fourth-order valence-electron chi connectivity index (χ4n) is 2.81. The second kappa shape index (κ2) is 7.74. The van der Waals surface area contributed by atoms with E-state index in [1.807, 2.05) is 13.8 Å². The normalized spacial score (nSPS) is 17.2. The number of benzene rings is 1. The van der Waals surface area contributed by atoms with Gasteiger partial charge in [0.25, 0.3) is 5.91 Å². The summed E-state index contributed by atoms with van der Waals surface area (Å²) in [5, 5.41) is 17.3. The largest absolute Gasteiger partial charge is 0.394 e. The van der Waals surface area contributed by atoms with Crippen LogP contribution in [0.1, 0.15) is 34.1 Å². The summed E-state index contributed by atoms with van der Waals surface area (Å²) in [5.41, 5.74) is -0.161. The molecule has 0 spiro atoms. The first-order valence-corrected chi connectivity index (χ1v) is 8.59. The molecule has 5 amide bonds. The number of rotatable bonds is 6. The highest BCUT2D eigenvalue weighted by atomic mass is 16.3. The molecule has 0 unspecified atom stereocenters. The summed E-state index contributed by atoms with van der Waals surface area (Å²) in [5.74, 6) is -0.0276. The fourth-order valence-corrected chi connectivity index (χ4v) is 2.81. The number of carbonyl (C=O) groups excluding carboxylic acids is 3. The highest BCUT2D eigenvalue weighted by Crippen LogP contribution is 2.26. The fraction of sp³-hybridized carbons (Fsp3) is 0.500. The molecule has 0 radical (unpaired) electrons. The maximum atomic E-state index is 12.4. The van der Waals surface area contributed by atoms with E-state index in [-0.39, 0.29) is 18.6 Å². The van der Waals surface area contributed by atoms with Crippen LogP contribution in [0.15, 0.2) is 24.3 Å². The van der Waals surface area contributed by atoms with E-state index >= 15 is 0 Å². The van der Waals surface area contributed by atoms with Crippen LogP contribution in [-0.4, -0.2) is 41.3 Å². The van der Waals surface area contributed by atoms with Crippen LogP contribution in [0.5, 0.6) is 0 Å². The van der Waals surface area contributed by atoms with Crippen molar-refractivity contribution >= 4 is 29.3 Å². The summed E-state index contributed by atoms with van der Waals surface area (Å²) in [7, 11) is 0. The number of aliphatic hydroxyl groups is 1. The second-order valence-electron chi connectivity index (χ2n) is 7.35. The third-order valence-corrected chi connectivity index (χ3v) is 4.03. The Morgan fingerprint density at radius 1 is 1.31 bits per heavy atom. The first-order valence-electron chi connectivity index (χ1n) is 8.59. The molecule has 4 N–H and O–H groups in total. The van der Waals surface area contributed by atoms with Gasteiger partial charge in [-0.25, -0.2) is 14.5 Å². The third kappa shape index (κ3) is 4.51. The molecule has 1 aliphatic heterocycles. The number of anilines is 2. The number of amides is 5. The summed E-state index contributed by atoms with van der Waals surface area (Å²) >= 11 is 0. The molecule has 8 heteroatoms. The number of hydrogen-bond acceptors (Lipinski definition) is 4. The second-order valence-corrected chi connectivity index (χ2v) is 7.35. The van der Waals surface area contributed by atoms with Crippen LogP contribution in [0, 0.1) is 5.92 Å².